The zero-order valence-corrected chi connectivity index (χ0v) is 12.5. The number of halogens is 1. The summed E-state index contributed by atoms with van der Waals surface area (Å²) in [5.41, 5.74) is 2.69. The Morgan fingerprint density at radius 1 is 1.05 bits per heavy atom. The van der Waals surface area contributed by atoms with Gasteiger partial charge < -0.3 is 10.6 Å². The van der Waals surface area contributed by atoms with Gasteiger partial charge in [-0.25, -0.2) is 4.79 Å². The van der Waals surface area contributed by atoms with Crippen LogP contribution in [0.25, 0.3) is 11.0 Å². The quantitative estimate of drug-likeness (QED) is 0.738. The number of anilines is 2. The molecule has 0 aliphatic heterocycles. The van der Waals surface area contributed by atoms with E-state index in [0.29, 0.717) is 16.7 Å². The van der Waals surface area contributed by atoms with Gasteiger partial charge in [0.15, 0.2) is 0 Å². The van der Waals surface area contributed by atoms with Gasteiger partial charge in [-0.05, 0) is 40.2 Å². The number of carbonyl (C=O) groups excluding carboxylic acids is 1. The first-order valence-corrected chi connectivity index (χ1v) is 7.05. The Balaban J connectivity index is 1.83. The zero-order valence-electron chi connectivity index (χ0n) is 10.9. The molecule has 2 amide bonds. The van der Waals surface area contributed by atoms with Crippen molar-refractivity contribution in [3.63, 3.8) is 0 Å². The number of aromatic nitrogens is 2. The van der Waals surface area contributed by atoms with E-state index < -0.39 is 0 Å². The predicted octanol–water partition coefficient (Wildman–Crippen LogP) is 4.04. The Morgan fingerprint density at radius 3 is 2.67 bits per heavy atom. The number of amides is 2. The zero-order chi connectivity index (χ0) is 14.7. The van der Waals surface area contributed by atoms with Crippen LogP contribution in [0.4, 0.5) is 16.2 Å². The van der Waals surface area contributed by atoms with Crippen molar-refractivity contribution in [2.75, 3.05) is 10.6 Å². The number of nitrogens with one attached hydrogen (secondary N) is 2. The third kappa shape index (κ3) is 3.17. The monoisotopic (exact) mass is 342 g/mol. The Bertz CT molecular complexity index is 792. The highest BCUT2D eigenvalue weighted by atomic mass is 79.9. The van der Waals surface area contributed by atoms with E-state index in [2.05, 4.69) is 36.5 Å². The van der Waals surface area contributed by atoms with Crippen LogP contribution in [0.1, 0.15) is 0 Å². The highest BCUT2D eigenvalue weighted by Gasteiger charge is 2.08. The second kappa shape index (κ2) is 5.88. The summed E-state index contributed by atoms with van der Waals surface area (Å²) >= 11 is 3.35. The summed E-state index contributed by atoms with van der Waals surface area (Å²) in [6.45, 7) is 0. The fourth-order valence-electron chi connectivity index (χ4n) is 1.91. The number of hydrogen-bond acceptors (Lipinski definition) is 3. The normalized spacial score (nSPS) is 10.3. The average molecular weight is 343 g/mol. The van der Waals surface area contributed by atoms with E-state index in [0.717, 1.165) is 10.2 Å². The summed E-state index contributed by atoms with van der Waals surface area (Å²) in [5.74, 6) is 0. The summed E-state index contributed by atoms with van der Waals surface area (Å²) < 4.78 is 0.841. The van der Waals surface area contributed by atoms with Crippen molar-refractivity contribution >= 4 is 44.4 Å². The first-order chi connectivity index (χ1) is 10.2. The van der Waals surface area contributed by atoms with Crippen LogP contribution >= 0.6 is 15.9 Å². The Labute approximate surface area is 129 Å². The van der Waals surface area contributed by atoms with E-state index in [4.69, 9.17) is 0 Å². The molecule has 21 heavy (non-hydrogen) atoms. The number of carbonyl (C=O) groups is 1. The fourth-order valence-corrected chi connectivity index (χ4v) is 2.23. The van der Waals surface area contributed by atoms with Gasteiger partial charge >= 0.3 is 6.03 Å². The van der Waals surface area contributed by atoms with Crippen LogP contribution < -0.4 is 10.6 Å². The van der Waals surface area contributed by atoms with Crippen LogP contribution in [0.5, 0.6) is 0 Å². The van der Waals surface area contributed by atoms with Crippen molar-refractivity contribution < 1.29 is 4.79 Å². The van der Waals surface area contributed by atoms with Gasteiger partial charge in [0.2, 0.25) is 0 Å². The van der Waals surface area contributed by atoms with Crippen molar-refractivity contribution in [1.82, 2.24) is 9.97 Å². The van der Waals surface area contributed by atoms with Gasteiger partial charge in [-0.3, -0.25) is 9.97 Å². The maximum atomic E-state index is 12.0. The standard InChI is InChI=1S/C15H11BrN4O/c16-10-8-13-14(18-9-10)12(6-7-17-13)20-15(21)19-11-4-2-1-3-5-11/h1-9H,(H2,17,19,20,21). The summed E-state index contributed by atoms with van der Waals surface area (Å²) in [6.07, 6.45) is 3.30. The van der Waals surface area contributed by atoms with Crippen molar-refractivity contribution in [2.24, 2.45) is 0 Å². The number of urea groups is 1. The molecule has 3 aromatic rings. The Hall–Kier alpha value is -2.47. The average Bonchev–Trinajstić information content (AvgIpc) is 2.48. The highest BCUT2D eigenvalue weighted by Crippen LogP contribution is 2.22. The number of para-hydroxylation sites is 1. The van der Waals surface area contributed by atoms with E-state index in [9.17, 15) is 4.79 Å². The summed E-state index contributed by atoms with van der Waals surface area (Å²) in [7, 11) is 0. The van der Waals surface area contributed by atoms with Crippen molar-refractivity contribution in [2.45, 2.75) is 0 Å². The van der Waals surface area contributed by atoms with Gasteiger partial charge in [-0.15, -0.1) is 0 Å². The van der Waals surface area contributed by atoms with Gasteiger partial charge in [-0.2, -0.15) is 0 Å². The third-order valence-electron chi connectivity index (χ3n) is 2.82. The van der Waals surface area contributed by atoms with Crippen LogP contribution in [-0.2, 0) is 0 Å². The molecule has 104 valence electrons. The molecule has 0 bridgehead atoms. The van der Waals surface area contributed by atoms with Crippen LogP contribution in [0, 0.1) is 0 Å². The van der Waals surface area contributed by atoms with Crippen molar-refractivity contribution in [1.29, 1.82) is 0 Å². The lowest BCUT2D eigenvalue weighted by Crippen LogP contribution is -2.19. The molecule has 0 radical (unpaired) electrons. The van der Waals surface area contributed by atoms with Gasteiger partial charge in [0.25, 0.3) is 0 Å². The van der Waals surface area contributed by atoms with Gasteiger partial charge in [0.1, 0.15) is 5.52 Å². The molecule has 2 aromatic heterocycles. The molecule has 0 saturated carbocycles. The fraction of sp³-hybridized carbons (Fsp3) is 0. The number of rotatable bonds is 2. The molecular weight excluding hydrogens is 332 g/mol. The maximum absolute atomic E-state index is 12.0. The summed E-state index contributed by atoms with van der Waals surface area (Å²) in [6, 6.07) is 12.5. The largest absolute Gasteiger partial charge is 0.323 e. The molecule has 0 fully saturated rings. The lowest BCUT2D eigenvalue weighted by Gasteiger charge is -2.09. The molecule has 3 rings (SSSR count). The molecular formula is C15H11BrN4O. The number of pyridine rings is 2. The van der Waals surface area contributed by atoms with Crippen molar-refractivity contribution in [3.05, 3.63) is 59.3 Å². The lowest BCUT2D eigenvalue weighted by molar-refractivity contribution is 0.262. The summed E-state index contributed by atoms with van der Waals surface area (Å²) in [4.78, 5) is 20.5. The van der Waals surface area contributed by atoms with Gasteiger partial charge in [-0.1, -0.05) is 18.2 Å². The van der Waals surface area contributed by atoms with E-state index in [1.165, 1.54) is 0 Å². The predicted molar refractivity (Wildman–Crippen MR) is 86.3 cm³/mol. The third-order valence-corrected chi connectivity index (χ3v) is 3.26. The molecule has 1 aromatic carbocycles. The molecule has 6 heteroatoms. The minimum Gasteiger partial charge on any atom is -0.308 e. The van der Waals surface area contributed by atoms with Crippen LogP contribution in [0.2, 0.25) is 0 Å². The molecule has 2 N–H and O–H groups in total. The number of benzene rings is 1. The molecule has 2 heterocycles. The van der Waals surface area contributed by atoms with Crippen molar-refractivity contribution in [3.8, 4) is 0 Å². The second-order valence-corrected chi connectivity index (χ2v) is 5.24. The number of fused-ring (bicyclic) bond motifs is 1. The lowest BCUT2D eigenvalue weighted by atomic mass is 10.3. The highest BCUT2D eigenvalue weighted by molar-refractivity contribution is 9.10. The molecule has 0 unspecified atom stereocenters. The maximum Gasteiger partial charge on any atom is 0.323 e. The molecule has 5 nitrogen and oxygen atoms in total. The molecule has 0 atom stereocenters. The first kappa shape index (κ1) is 13.5. The minimum absolute atomic E-state index is 0.321. The van der Waals surface area contributed by atoms with E-state index >= 15 is 0 Å². The number of nitrogens with zero attached hydrogens (tertiary/aromatic N) is 2. The Morgan fingerprint density at radius 2 is 1.86 bits per heavy atom. The first-order valence-electron chi connectivity index (χ1n) is 6.26. The van der Waals surface area contributed by atoms with Crippen LogP contribution in [-0.4, -0.2) is 16.0 Å². The second-order valence-electron chi connectivity index (χ2n) is 4.32. The molecule has 0 saturated heterocycles. The van der Waals surface area contributed by atoms with Crippen LogP contribution in [0.15, 0.2) is 59.3 Å². The van der Waals surface area contributed by atoms with E-state index in [-0.39, 0.29) is 6.03 Å². The SMILES string of the molecule is O=C(Nc1ccccc1)Nc1ccnc2cc(Br)cnc12. The van der Waals surface area contributed by atoms with Gasteiger partial charge in [0, 0.05) is 22.6 Å². The summed E-state index contributed by atoms with van der Waals surface area (Å²) in [5, 5.41) is 5.54. The smallest absolute Gasteiger partial charge is 0.308 e. The van der Waals surface area contributed by atoms with E-state index in [1.54, 1.807) is 18.5 Å². The van der Waals surface area contributed by atoms with Gasteiger partial charge in [0.05, 0.1) is 11.2 Å². The van der Waals surface area contributed by atoms with E-state index in [1.807, 2.05) is 36.4 Å². The Kier molecular flexibility index (Phi) is 3.79. The topological polar surface area (TPSA) is 66.9 Å². The minimum atomic E-state index is -0.321. The molecule has 0 spiro atoms. The molecule has 0 aliphatic carbocycles. The molecule has 0 aliphatic rings. The van der Waals surface area contributed by atoms with Crippen LogP contribution in [0.3, 0.4) is 0 Å². The number of hydrogen-bond donors (Lipinski definition) is 2.